The maximum absolute atomic E-state index is 8.64. The van der Waals surface area contributed by atoms with Gasteiger partial charge in [0.1, 0.15) is 0 Å². The number of fused-ring (bicyclic) bond motifs is 1. The number of hydrogen-bond acceptors (Lipinski definition) is 2. The highest BCUT2D eigenvalue weighted by Crippen LogP contribution is 2.13. The second-order valence-corrected chi connectivity index (χ2v) is 2.81. The van der Waals surface area contributed by atoms with Gasteiger partial charge in [-0.3, -0.25) is 4.99 Å². The molecule has 2 heteroatoms. The summed E-state index contributed by atoms with van der Waals surface area (Å²) in [5.41, 5.74) is 3.10. The minimum atomic E-state index is 0.710. The fourth-order valence-electron chi connectivity index (χ4n) is 1.36. The molecular formula is C10H8N2. The Hall–Kier alpha value is -1.62. The zero-order valence-corrected chi connectivity index (χ0v) is 6.62. The van der Waals surface area contributed by atoms with Crippen molar-refractivity contribution in [2.45, 2.75) is 6.42 Å². The lowest BCUT2D eigenvalue weighted by Crippen LogP contribution is -2.02. The van der Waals surface area contributed by atoms with Gasteiger partial charge >= 0.3 is 0 Å². The van der Waals surface area contributed by atoms with Crippen LogP contribution in [0.2, 0.25) is 0 Å². The molecule has 0 N–H and O–H groups in total. The largest absolute Gasteiger partial charge is 0.292 e. The van der Waals surface area contributed by atoms with Crippen molar-refractivity contribution in [1.82, 2.24) is 0 Å². The van der Waals surface area contributed by atoms with E-state index in [1.165, 1.54) is 5.56 Å². The molecule has 1 aromatic rings. The summed E-state index contributed by atoms with van der Waals surface area (Å²) in [5, 5.41) is 8.64. The molecule has 0 saturated carbocycles. The van der Waals surface area contributed by atoms with Crippen molar-refractivity contribution in [2.24, 2.45) is 4.99 Å². The van der Waals surface area contributed by atoms with Crippen molar-refractivity contribution >= 4 is 6.21 Å². The van der Waals surface area contributed by atoms with Crippen LogP contribution in [0.5, 0.6) is 0 Å². The highest BCUT2D eigenvalue weighted by Gasteiger charge is 2.04. The first-order valence-electron chi connectivity index (χ1n) is 3.93. The molecule has 0 saturated heterocycles. The zero-order valence-electron chi connectivity index (χ0n) is 6.62. The summed E-state index contributed by atoms with van der Waals surface area (Å²) in [5.74, 6) is 0. The van der Waals surface area contributed by atoms with Crippen molar-refractivity contribution < 1.29 is 0 Å². The van der Waals surface area contributed by atoms with E-state index in [4.69, 9.17) is 5.26 Å². The minimum Gasteiger partial charge on any atom is -0.292 e. The van der Waals surface area contributed by atoms with E-state index in [0.717, 1.165) is 18.5 Å². The predicted octanol–water partition coefficient (Wildman–Crippen LogP) is 1.53. The Bertz CT molecular complexity index is 372. The Morgan fingerprint density at radius 1 is 1.42 bits per heavy atom. The summed E-state index contributed by atoms with van der Waals surface area (Å²) in [4.78, 5) is 4.16. The number of benzene rings is 1. The Balaban J connectivity index is 2.53. The molecule has 1 aliphatic rings. The quantitative estimate of drug-likeness (QED) is 0.561. The summed E-state index contributed by atoms with van der Waals surface area (Å²) < 4.78 is 0. The lowest BCUT2D eigenvalue weighted by Gasteiger charge is -2.08. The molecule has 0 aliphatic carbocycles. The molecule has 12 heavy (non-hydrogen) atoms. The fraction of sp³-hybridized carbons (Fsp3) is 0.200. The van der Waals surface area contributed by atoms with E-state index >= 15 is 0 Å². The third-order valence-electron chi connectivity index (χ3n) is 2.02. The first-order valence-corrected chi connectivity index (χ1v) is 3.93. The number of rotatable bonds is 0. The molecule has 2 nitrogen and oxygen atoms in total. The van der Waals surface area contributed by atoms with Gasteiger partial charge in [-0.05, 0) is 29.7 Å². The van der Waals surface area contributed by atoms with E-state index in [9.17, 15) is 0 Å². The Morgan fingerprint density at radius 3 is 3.17 bits per heavy atom. The second-order valence-electron chi connectivity index (χ2n) is 2.81. The summed E-state index contributed by atoms with van der Waals surface area (Å²) in [6, 6.07) is 7.87. The van der Waals surface area contributed by atoms with Gasteiger partial charge in [-0.25, -0.2) is 0 Å². The van der Waals surface area contributed by atoms with E-state index in [0.29, 0.717) is 5.56 Å². The highest BCUT2D eigenvalue weighted by atomic mass is 14.7. The normalized spacial score (nSPS) is 13.6. The van der Waals surface area contributed by atoms with E-state index in [-0.39, 0.29) is 0 Å². The lowest BCUT2D eigenvalue weighted by atomic mass is 10.0. The average molecular weight is 156 g/mol. The fourth-order valence-corrected chi connectivity index (χ4v) is 1.36. The summed E-state index contributed by atoms with van der Waals surface area (Å²) in [6.45, 7) is 0.874. The number of aliphatic imine (C=N–C) groups is 1. The van der Waals surface area contributed by atoms with Crippen LogP contribution in [0.15, 0.2) is 23.2 Å². The molecule has 0 aromatic heterocycles. The van der Waals surface area contributed by atoms with Crippen molar-refractivity contribution in [3.8, 4) is 6.07 Å². The minimum absolute atomic E-state index is 0.710. The van der Waals surface area contributed by atoms with E-state index in [2.05, 4.69) is 11.1 Å². The Morgan fingerprint density at radius 2 is 2.33 bits per heavy atom. The van der Waals surface area contributed by atoms with Gasteiger partial charge in [0.2, 0.25) is 0 Å². The van der Waals surface area contributed by atoms with Crippen LogP contribution in [0.3, 0.4) is 0 Å². The van der Waals surface area contributed by atoms with Crippen molar-refractivity contribution in [2.75, 3.05) is 6.54 Å². The summed E-state index contributed by atoms with van der Waals surface area (Å²) >= 11 is 0. The van der Waals surface area contributed by atoms with Crippen LogP contribution in [-0.2, 0) is 6.42 Å². The Labute approximate surface area is 71.2 Å². The van der Waals surface area contributed by atoms with Crippen molar-refractivity contribution in [3.05, 3.63) is 34.9 Å². The molecule has 1 aliphatic heterocycles. The second kappa shape index (κ2) is 2.78. The highest BCUT2D eigenvalue weighted by molar-refractivity contribution is 5.83. The number of nitriles is 1. The van der Waals surface area contributed by atoms with Crippen LogP contribution in [0.25, 0.3) is 0 Å². The first-order chi connectivity index (χ1) is 5.90. The van der Waals surface area contributed by atoms with Gasteiger partial charge in [-0.2, -0.15) is 5.26 Å². The monoisotopic (exact) mass is 156 g/mol. The standard InChI is InChI=1S/C10H8N2/c11-6-8-1-2-9-3-4-12-7-10(9)5-8/h1-2,5,7H,3-4H2. The molecule has 1 aromatic carbocycles. The number of hydrogen-bond donors (Lipinski definition) is 0. The molecular weight excluding hydrogens is 148 g/mol. The molecule has 0 bridgehead atoms. The first kappa shape index (κ1) is 7.05. The van der Waals surface area contributed by atoms with Gasteiger partial charge in [0.15, 0.2) is 0 Å². The van der Waals surface area contributed by atoms with Crippen LogP contribution in [-0.4, -0.2) is 12.8 Å². The van der Waals surface area contributed by atoms with Gasteiger partial charge in [0, 0.05) is 12.8 Å². The van der Waals surface area contributed by atoms with E-state index in [1.807, 2.05) is 24.4 Å². The van der Waals surface area contributed by atoms with Crippen molar-refractivity contribution in [1.29, 1.82) is 5.26 Å². The van der Waals surface area contributed by atoms with E-state index in [1.54, 1.807) is 0 Å². The third kappa shape index (κ3) is 1.10. The predicted molar refractivity (Wildman–Crippen MR) is 47.3 cm³/mol. The maximum atomic E-state index is 8.64. The van der Waals surface area contributed by atoms with Gasteiger partial charge < -0.3 is 0 Å². The maximum Gasteiger partial charge on any atom is 0.0991 e. The van der Waals surface area contributed by atoms with Crippen LogP contribution >= 0.6 is 0 Å². The molecule has 0 atom stereocenters. The lowest BCUT2D eigenvalue weighted by molar-refractivity contribution is 0.952. The van der Waals surface area contributed by atoms with Gasteiger partial charge in [-0.1, -0.05) is 6.07 Å². The van der Waals surface area contributed by atoms with E-state index < -0.39 is 0 Å². The van der Waals surface area contributed by atoms with Gasteiger partial charge in [0.25, 0.3) is 0 Å². The smallest absolute Gasteiger partial charge is 0.0991 e. The zero-order chi connectivity index (χ0) is 8.39. The summed E-state index contributed by atoms with van der Waals surface area (Å²) in [6.07, 6.45) is 2.84. The SMILES string of the molecule is N#Cc1ccc2c(c1)C=NCC2. The molecule has 0 unspecified atom stereocenters. The van der Waals surface area contributed by atoms with Crippen LogP contribution in [0, 0.1) is 11.3 Å². The molecule has 0 fully saturated rings. The van der Waals surface area contributed by atoms with Crippen LogP contribution < -0.4 is 0 Å². The third-order valence-corrected chi connectivity index (χ3v) is 2.02. The Kier molecular flexibility index (Phi) is 1.64. The van der Waals surface area contributed by atoms with Crippen LogP contribution in [0.1, 0.15) is 16.7 Å². The number of nitrogens with zero attached hydrogens (tertiary/aromatic N) is 2. The summed E-state index contributed by atoms with van der Waals surface area (Å²) in [7, 11) is 0. The van der Waals surface area contributed by atoms with Gasteiger partial charge in [-0.15, -0.1) is 0 Å². The molecule has 2 rings (SSSR count). The average Bonchev–Trinajstić information content (AvgIpc) is 2.17. The van der Waals surface area contributed by atoms with Gasteiger partial charge in [0.05, 0.1) is 11.6 Å². The topological polar surface area (TPSA) is 36.1 Å². The van der Waals surface area contributed by atoms with Crippen LogP contribution in [0.4, 0.5) is 0 Å². The molecule has 0 spiro atoms. The molecule has 1 heterocycles. The van der Waals surface area contributed by atoms with Crippen molar-refractivity contribution in [3.63, 3.8) is 0 Å². The molecule has 0 radical (unpaired) electrons. The molecule has 0 amide bonds. The molecule has 58 valence electrons.